The third-order valence-corrected chi connectivity index (χ3v) is 6.50. The summed E-state index contributed by atoms with van der Waals surface area (Å²) in [6, 6.07) is 6.15. The van der Waals surface area contributed by atoms with Crippen LogP contribution in [0.25, 0.3) is 21.5 Å². The van der Waals surface area contributed by atoms with Gasteiger partial charge in [0.1, 0.15) is 28.5 Å². The Bertz CT molecular complexity index is 1370. The average Bonchev–Trinajstić information content (AvgIpc) is 2.98. The smallest absolute Gasteiger partial charge is 0.224 e. The Morgan fingerprint density at radius 2 is 1.94 bits per heavy atom. The second-order valence-corrected chi connectivity index (χ2v) is 9.43. The number of ether oxygens (including phenoxy) is 1. The number of hydrogen-bond acceptors (Lipinski definition) is 9. The number of benzene rings is 1. The van der Waals surface area contributed by atoms with E-state index in [2.05, 4.69) is 32.1 Å². The van der Waals surface area contributed by atoms with Crippen molar-refractivity contribution >= 4 is 38.6 Å². The van der Waals surface area contributed by atoms with Crippen molar-refractivity contribution in [3.8, 4) is 16.9 Å². The van der Waals surface area contributed by atoms with Gasteiger partial charge in [-0.1, -0.05) is 25.2 Å². The van der Waals surface area contributed by atoms with Gasteiger partial charge in [-0.15, -0.1) is 0 Å². The molecule has 0 radical (unpaired) electrons. The predicted octanol–water partition coefficient (Wildman–Crippen LogP) is 4.28. The summed E-state index contributed by atoms with van der Waals surface area (Å²) in [4.78, 5) is 19.8. The van der Waals surface area contributed by atoms with E-state index in [1.165, 1.54) is 11.3 Å². The molecule has 0 saturated heterocycles. The number of fused-ring (bicyclic) bond motifs is 2. The summed E-state index contributed by atoms with van der Waals surface area (Å²) in [6.45, 7) is 7.35. The molecule has 1 aliphatic heterocycles. The van der Waals surface area contributed by atoms with Gasteiger partial charge >= 0.3 is 0 Å². The first-order valence-electron chi connectivity index (χ1n) is 10.7. The third kappa shape index (κ3) is 3.91. The minimum atomic E-state index is -0.579. The summed E-state index contributed by atoms with van der Waals surface area (Å²) in [5.41, 5.74) is 16.8. The van der Waals surface area contributed by atoms with Crippen LogP contribution in [0.5, 0.6) is 5.75 Å². The number of pyridine rings is 1. The summed E-state index contributed by atoms with van der Waals surface area (Å²) >= 11 is 1.36. The number of hydrogen-bond donors (Lipinski definition) is 2. The summed E-state index contributed by atoms with van der Waals surface area (Å²) < 4.78 is 20.8. The van der Waals surface area contributed by atoms with Crippen LogP contribution in [0.2, 0.25) is 0 Å². The summed E-state index contributed by atoms with van der Waals surface area (Å²) in [5, 5.41) is 0.495. The second kappa shape index (κ2) is 8.11. The fourth-order valence-corrected chi connectivity index (χ4v) is 4.90. The number of rotatable bonds is 3. The number of nitrogen functional groups attached to an aromatic ring is 2. The van der Waals surface area contributed by atoms with E-state index < -0.39 is 5.95 Å². The van der Waals surface area contributed by atoms with Gasteiger partial charge in [-0.05, 0) is 42.2 Å². The van der Waals surface area contributed by atoms with Crippen molar-refractivity contribution in [3.05, 3.63) is 47.0 Å². The van der Waals surface area contributed by atoms with Gasteiger partial charge in [0.2, 0.25) is 11.9 Å². The molecule has 0 amide bonds. The number of aryl methyl sites for hydroxylation is 1. The highest BCUT2D eigenvalue weighted by Crippen LogP contribution is 2.36. The van der Waals surface area contributed by atoms with Crippen molar-refractivity contribution in [1.82, 2.24) is 19.9 Å². The fourth-order valence-electron chi connectivity index (χ4n) is 4.24. The molecule has 0 bridgehead atoms. The van der Waals surface area contributed by atoms with Gasteiger partial charge in [-0.2, -0.15) is 14.4 Å². The lowest BCUT2D eigenvalue weighted by Crippen LogP contribution is -2.28. The molecule has 3 aromatic heterocycles. The molecule has 170 valence electrons. The van der Waals surface area contributed by atoms with Crippen LogP contribution >= 0.6 is 11.3 Å². The van der Waals surface area contributed by atoms with Crippen molar-refractivity contribution < 1.29 is 9.13 Å². The number of nitrogens with two attached hydrogens (primary N) is 2. The third-order valence-electron chi connectivity index (χ3n) is 5.69. The number of anilines is 3. The first kappa shape index (κ1) is 21.3. The summed E-state index contributed by atoms with van der Waals surface area (Å²) in [6.07, 6.45) is 1.83. The molecule has 4 heterocycles. The van der Waals surface area contributed by atoms with E-state index in [0.717, 1.165) is 38.4 Å². The molecule has 0 spiro atoms. The number of halogens is 1. The molecule has 0 aliphatic carbocycles. The van der Waals surface area contributed by atoms with Crippen molar-refractivity contribution in [2.45, 2.75) is 33.2 Å². The van der Waals surface area contributed by atoms with E-state index in [1.54, 1.807) is 0 Å². The molecule has 8 nitrogen and oxygen atoms in total. The maximum atomic E-state index is 14.7. The Morgan fingerprint density at radius 1 is 1.12 bits per heavy atom. The molecule has 0 unspecified atom stereocenters. The lowest BCUT2D eigenvalue weighted by Gasteiger charge is -2.25. The minimum absolute atomic E-state index is 0.0795. The molecule has 0 saturated carbocycles. The molecule has 33 heavy (non-hydrogen) atoms. The minimum Gasteiger partial charge on any atom is -0.491 e. The Kier molecular flexibility index (Phi) is 5.24. The quantitative estimate of drug-likeness (QED) is 0.431. The summed E-state index contributed by atoms with van der Waals surface area (Å²) in [7, 11) is 0. The molecular formula is C23H24FN7OS. The summed E-state index contributed by atoms with van der Waals surface area (Å²) in [5.74, 6) is 0.590. The molecule has 1 aliphatic rings. The van der Waals surface area contributed by atoms with Crippen molar-refractivity contribution in [2.24, 2.45) is 0 Å². The van der Waals surface area contributed by atoms with Gasteiger partial charge in [0, 0.05) is 23.9 Å². The molecular weight excluding hydrogens is 441 g/mol. The predicted molar refractivity (Wildman–Crippen MR) is 129 cm³/mol. The van der Waals surface area contributed by atoms with Gasteiger partial charge in [0.15, 0.2) is 5.13 Å². The van der Waals surface area contributed by atoms with E-state index in [0.29, 0.717) is 36.2 Å². The van der Waals surface area contributed by atoms with E-state index >= 15 is 0 Å². The van der Waals surface area contributed by atoms with Gasteiger partial charge in [0.05, 0.1) is 12.1 Å². The highest BCUT2D eigenvalue weighted by molar-refractivity contribution is 7.21. The van der Waals surface area contributed by atoms with Crippen molar-refractivity contribution in [2.75, 3.05) is 29.5 Å². The highest BCUT2D eigenvalue weighted by atomic mass is 32.1. The number of thiazole rings is 1. The molecule has 0 fully saturated rings. The van der Waals surface area contributed by atoms with E-state index in [9.17, 15) is 4.39 Å². The molecule has 4 aromatic rings. The molecule has 4 N–H and O–H groups in total. The van der Waals surface area contributed by atoms with E-state index in [4.69, 9.17) is 16.2 Å². The van der Waals surface area contributed by atoms with Crippen LogP contribution in [0.4, 0.5) is 21.3 Å². The molecule has 0 atom stereocenters. The molecule has 5 rings (SSSR count). The van der Waals surface area contributed by atoms with E-state index in [1.807, 2.05) is 37.9 Å². The normalized spacial score (nSPS) is 13.8. The van der Waals surface area contributed by atoms with Crippen LogP contribution in [0.3, 0.4) is 0 Å². The zero-order chi connectivity index (χ0) is 23.3. The maximum absolute atomic E-state index is 14.7. The van der Waals surface area contributed by atoms with Crippen LogP contribution in [0, 0.1) is 12.9 Å². The standard InChI is InChI=1S/C23H24FN7OS/c1-11(2)17-19(24)29-22(25)30-20(17)31-4-5-32-18-12(3)6-13(7-15(18)10-31)14-8-16-21(27-9-14)33-23(26)28-16/h6-9,11H,4-5,10H2,1-3H3,(H2,26,28)(H2,25,29,30). The van der Waals surface area contributed by atoms with Gasteiger partial charge < -0.3 is 21.1 Å². The van der Waals surface area contributed by atoms with Crippen molar-refractivity contribution in [3.63, 3.8) is 0 Å². The largest absolute Gasteiger partial charge is 0.491 e. The Labute approximate surface area is 194 Å². The monoisotopic (exact) mass is 465 g/mol. The zero-order valence-electron chi connectivity index (χ0n) is 18.6. The van der Waals surface area contributed by atoms with Gasteiger partial charge in [-0.3, -0.25) is 0 Å². The topological polar surface area (TPSA) is 116 Å². The molecule has 1 aromatic carbocycles. The number of nitrogens with zero attached hydrogens (tertiary/aromatic N) is 5. The van der Waals surface area contributed by atoms with Crippen LogP contribution in [-0.2, 0) is 6.54 Å². The Hall–Kier alpha value is -3.53. The van der Waals surface area contributed by atoms with Crippen LogP contribution in [0.1, 0.15) is 36.5 Å². The fraction of sp³-hybridized carbons (Fsp3) is 0.304. The molecule has 10 heteroatoms. The lowest BCUT2D eigenvalue weighted by atomic mass is 9.99. The van der Waals surface area contributed by atoms with E-state index in [-0.39, 0.29) is 11.9 Å². The highest BCUT2D eigenvalue weighted by Gasteiger charge is 2.25. The first-order valence-corrected chi connectivity index (χ1v) is 11.5. The SMILES string of the molecule is Cc1cc(-c2cnc3sc(N)nc3c2)cc2c1OCCN(c1nc(N)nc(F)c1C(C)C)C2. The zero-order valence-corrected chi connectivity index (χ0v) is 19.4. The van der Waals surface area contributed by atoms with Crippen LogP contribution < -0.4 is 21.1 Å². The van der Waals surface area contributed by atoms with Crippen LogP contribution in [0.15, 0.2) is 24.4 Å². The maximum Gasteiger partial charge on any atom is 0.224 e. The average molecular weight is 466 g/mol. The Balaban J connectivity index is 1.58. The Morgan fingerprint density at radius 3 is 2.73 bits per heavy atom. The van der Waals surface area contributed by atoms with Gasteiger partial charge in [-0.25, -0.2) is 9.97 Å². The van der Waals surface area contributed by atoms with Crippen LogP contribution in [-0.4, -0.2) is 33.1 Å². The number of aromatic nitrogens is 4. The first-order chi connectivity index (χ1) is 15.8. The van der Waals surface area contributed by atoms with Crippen molar-refractivity contribution in [1.29, 1.82) is 0 Å². The van der Waals surface area contributed by atoms with Gasteiger partial charge in [0.25, 0.3) is 0 Å². The second-order valence-electron chi connectivity index (χ2n) is 8.42. The lowest BCUT2D eigenvalue weighted by molar-refractivity contribution is 0.329.